The molecular formula is C17H23N3O3. The number of carbonyl (C=O) groups excluding carboxylic acids is 1. The third kappa shape index (κ3) is 4.32. The molecule has 5 N–H and O–H groups in total. The number of fused-ring (bicyclic) bond motifs is 1. The molecule has 0 saturated heterocycles. The Hall–Kier alpha value is -2.34. The van der Waals surface area contributed by atoms with Crippen LogP contribution in [0.25, 0.3) is 10.9 Å². The van der Waals surface area contributed by atoms with Gasteiger partial charge in [0, 0.05) is 17.1 Å². The first-order valence-electron chi connectivity index (χ1n) is 7.72. The molecule has 0 aliphatic rings. The number of carboxylic acids is 1. The molecule has 6 heteroatoms. The van der Waals surface area contributed by atoms with Crippen LogP contribution >= 0.6 is 0 Å². The van der Waals surface area contributed by atoms with E-state index in [1.54, 1.807) is 0 Å². The fraction of sp³-hybridized carbons (Fsp3) is 0.412. The van der Waals surface area contributed by atoms with Crippen molar-refractivity contribution in [2.75, 3.05) is 0 Å². The van der Waals surface area contributed by atoms with Gasteiger partial charge in [-0.1, -0.05) is 32.0 Å². The van der Waals surface area contributed by atoms with Gasteiger partial charge in [0.2, 0.25) is 5.91 Å². The van der Waals surface area contributed by atoms with Crippen LogP contribution in [-0.4, -0.2) is 34.1 Å². The lowest BCUT2D eigenvalue weighted by Crippen LogP contribution is -2.49. The monoisotopic (exact) mass is 317 g/mol. The first-order chi connectivity index (χ1) is 10.9. The molecular weight excluding hydrogens is 294 g/mol. The molecule has 0 fully saturated rings. The van der Waals surface area contributed by atoms with Gasteiger partial charge in [-0.3, -0.25) is 4.79 Å². The average Bonchev–Trinajstić information content (AvgIpc) is 2.89. The van der Waals surface area contributed by atoms with Crippen LogP contribution in [0, 0.1) is 5.92 Å². The summed E-state index contributed by atoms with van der Waals surface area (Å²) in [6, 6.07) is 6.07. The van der Waals surface area contributed by atoms with Crippen LogP contribution in [0.2, 0.25) is 0 Å². The van der Waals surface area contributed by atoms with Crippen LogP contribution in [0.15, 0.2) is 30.5 Å². The molecule has 23 heavy (non-hydrogen) atoms. The van der Waals surface area contributed by atoms with Gasteiger partial charge in [0.25, 0.3) is 0 Å². The van der Waals surface area contributed by atoms with Gasteiger partial charge >= 0.3 is 5.97 Å². The number of rotatable bonds is 7. The molecule has 1 aromatic carbocycles. The quantitative estimate of drug-likeness (QED) is 0.622. The minimum atomic E-state index is -1.04. The van der Waals surface area contributed by atoms with Gasteiger partial charge in [-0.05, 0) is 30.4 Å². The van der Waals surface area contributed by atoms with Gasteiger partial charge in [0.05, 0.1) is 6.04 Å². The van der Waals surface area contributed by atoms with Crippen molar-refractivity contribution in [3.05, 3.63) is 36.0 Å². The van der Waals surface area contributed by atoms with Crippen molar-refractivity contribution in [1.82, 2.24) is 10.3 Å². The van der Waals surface area contributed by atoms with Crippen LogP contribution in [0.4, 0.5) is 0 Å². The molecule has 1 amide bonds. The van der Waals surface area contributed by atoms with E-state index in [9.17, 15) is 14.7 Å². The summed E-state index contributed by atoms with van der Waals surface area (Å²) in [5.74, 6) is -1.31. The Bertz CT molecular complexity index is 693. The van der Waals surface area contributed by atoms with E-state index in [0.29, 0.717) is 12.8 Å². The Kier molecular flexibility index (Phi) is 5.39. The maximum absolute atomic E-state index is 12.2. The first-order valence-corrected chi connectivity index (χ1v) is 7.72. The van der Waals surface area contributed by atoms with Crippen molar-refractivity contribution in [2.45, 2.75) is 38.8 Å². The third-order valence-electron chi connectivity index (χ3n) is 3.77. The molecule has 124 valence electrons. The summed E-state index contributed by atoms with van der Waals surface area (Å²) in [4.78, 5) is 26.6. The van der Waals surface area contributed by atoms with E-state index in [1.165, 1.54) is 0 Å². The maximum atomic E-state index is 12.2. The van der Waals surface area contributed by atoms with Crippen molar-refractivity contribution in [3.63, 3.8) is 0 Å². The second kappa shape index (κ2) is 7.28. The molecule has 1 heterocycles. The lowest BCUT2D eigenvalue weighted by Gasteiger charge is -2.19. The lowest BCUT2D eigenvalue weighted by atomic mass is 10.0. The van der Waals surface area contributed by atoms with Gasteiger partial charge < -0.3 is 21.1 Å². The Labute approximate surface area is 135 Å². The fourth-order valence-corrected chi connectivity index (χ4v) is 2.60. The molecule has 1 unspecified atom stereocenters. The Morgan fingerprint density at radius 2 is 2.00 bits per heavy atom. The van der Waals surface area contributed by atoms with Crippen molar-refractivity contribution in [1.29, 1.82) is 0 Å². The summed E-state index contributed by atoms with van der Waals surface area (Å²) in [5, 5.41) is 12.7. The second-order valence-corrected chi connectivity index (χ2v) is 6.20. The SMILES string of the molecule is CC(C)C[C@H](NC(=O)C(N)Cc1c[nH]c2ccccc12)C(=O)O. The minimum Gasteiger partial charge on any atom is -0.480 e. The average molecular weight is 317 g/mol. The Morgan fingerprint density at radius 3 is 2.65 bits per heavy atom. The molecule has 0 spiro atoms. The number of hydrogen-bond donors (Lipinski definition) is 4. The smallest absolute Gasteiger partial charge is 0.326 e. The van der Waals surface area contributed by atoms with E-state index in [2.05, 4.69) is 10.3 Å². The normalized spacial score (nSPS) is 13.9. The molecule has 6 nitrogen and oxygen atoms in total. The zero-order valence-corrected chi connectivity index (χ0v) is 13.4. The van der Waals surface area contributed by atoms with Crippen molar-refractivity contribution in [2.24, 2.45) is 11.7 Å². The van der Waals surface area contributed by atoms with E-state index in [-0.39, 0.29) is 5.92 Å². The molecule has 2 aromatic rings. The standard InChI is InChI=1S/C17H23N3O3/c1-10(2)7-15(17(22)23)20-16(21)13(18)8-11-9-19-14-6-4-3-5-12(11)14/h3-6,9-10,13,15,19H,7-8,18H2,1-2H3,(H,20,21)(H,22,23)/t13?,15-/m0/s1. The molecule has 2 rings (SSSR count). The maximum Gasteiger partial charge on any atom is 0.326 e. The topological polar surface area (TPSA) is 108 Å². The number of aliphatic carboxylic acids is 1. The highest BCUT2D eigenvalue weighted by atomic mass is 16.4. The highest BCUT2D eigenvalue weighted by Crippen LogP contribution is 2.18. The van der Waals surface area contributed by atoms with Gasteiger partial charge in [-0.15, -0.1) is 0 Å². The third-order valence-corrected chi connectivity index (χ3v) is 3.77. The molecule has 0 bridgehead atoms. The molecule has 0 saturated carbocycles. The van der Waals surface area contributed by atoms with Crippen LogP contribution < -0.4 is 11.1 Å². The van der Waals surface area contributed by atoms with Gasteiger partial charge in [0.15, 0.2) is 0 Å². The molecule has 0 radical (unpaired) electrons. The van der Waals surface area contributed by atoms with E-state index in [1.807, 2.05) is 44.3 Å². The number of hydrogen-bond acceptors (Lipinski definition) is 3. The van der Waals surface area contributed by atoms with Crippen LogP contribution in [0.3, 0.4) is 0 Å². The van der Waals surface area contributed by atoms with Gasteiger partial charge in [-0.2, -0.15) is 0 Å². The van der Waals surface area contributed by atoms with Gasteiger partial charge in [-0.25, -0.2) is 4.79 Å². The number of benzene rings is 1. The summed E-state index contributed by atoms with van der Waals surface area (Å²) in [7, 11) is 0. The second-order valence-electron chi connectivity index (χ2n) is 6.20. The zero-order chi connectivity index (χ0) is 17.0. The zero-order valence-electron chi connectivity index (χ0n) is 13.4. The van der Waals surface area contributed by atoms with E-state index in [4.69, 9.17) is 5.73 Å². The van der Waals surface area contributed by atoms with E-state index < -0.39 is 24.0 Å². The number of para-hydroxylation sites is 1. The number of amides is 1. The van der Waals surface area contributed by atoms with E-state index in [0.717, 1.165) is 16.5 Å². The largest absolute Gasteiger partial charge is 0.480 e. The molecule has 0 aliphatic heterocycles. The predicted molar refractivity (Wildman–Crippen MR) is 89.0 cm³/mol. The summed E-state index contributed by atoms with van der Waals surface area (Å²) >= 11 is 0. The molecule has 1 aromatic heterocycles. The number of aromatic nitrogens is 1. The number of carboxylic acid groups (broad SMARTS) is 1. The summed E-state index contributed by atoms with van der Waals surface area (Å²) in [5.41, 5.74) is 7.89. The number of carbonyl (C=O) groups is 2. The number of H-pyrrole nitrogens is 1. The predicted octanol–water partition coefficient (Wildman–Crippen LogP) is 1.65. The molecule has 0 aliphatic carbocycles. The molecule has 2 atom stereocenters. The number of nitrogens with one attached hydrogen (secondary N) is 2. The Morgan fingerprint density at radius 1 is 1.30 bits per heavy atom. The van der Waals surface area contributed by atoms with Crippen LogP contribution in [0.1, 0.15) is 25.8 Å². The first kappa shape index (κ1) is 17.0. The van der Waals surface area contributed by atoms with Gasteiger partial charge in [0.1, 0.15) is 6.04 Å². The van der Waals surface area contributed by atoms with Crippen molar-refractivity contribution in [3.8, 4) is 0 Å². The Balaban J connectivity index is 2.03. The summed E-state index contributed by atoms with van der Waals surface area (Å²) in [6.45, 7) is 3.82. The highest BCUT2D eigenvalue weighted by Gasteiger charge is 2.24. The number of aromatic amines is 1. The van der Waals surface area contributed by atoms with E-state index >= 15 is 0 Å². The minimum absolute atomic E-state index is 0.168. The summed E-state index contributed by atoms with van der Waals surface area (Å²) in [6.07, 6.45) is 2.56. The van der Waals surface area contributed by atoms with Crippen LogP contribution in [0.5, 0.6) is 0 Å². The fourth-order valence-electron chi connectivity index (χ4n) is 2.60. The van der Waals surface area contributed by atoms with Crippen LogP contribution in [-0.2, 0) is 16.0 Å². The number of nitrogens with two attached hydrogens (primary N) is 1. The summed E-state index contributed by atoms with van der Waals surface area (Å²) < 4.78 is 0. The van der Waals surface area contributed by atoms with Crippen molar-refractivity contribution < 1.29 is 14.7 Å². The lowest BCUT2D eigenvalue weighted by molar-refractivity contribution is -0.142. The highest BCUT2D eigenvalue weighted by molar-refractivity contribution is 5.88. The van der Waals surface area contributed by atoms with Crippen molar-refractivity contribution >= 4 is 22.8 Å².